The van der Waals surface area contributed by atoms with Crippen LogP contribution in [0.15, 0.2) is 53.9 Å². The molecule has 0 aliphatic heterocycles. The minimum Gasteiger partial charge on any atom is -0.497 e. The van der Waals surface area contributed by atoms with Gasteiger partial charge < -0.3 is 14.8 Å². The van der Waals surface area contributed by atoms with E-state index in [1.54, 1.807) is 43.8 Å². The number of benzene rings is 2. The molecule has 0 unspecified atom stereocenters. The minimum absolute atomic E-state index is 0.0788. The van der Waals surface area contributed by atoms with Crippen molar-refractivity contribution >= 4 is 22.9 Å². The van der Waals surface area contributed by atoms with Crippen molar-refractivity contribution in [3.63, 3.8) is 0 Å². The number of methoxy groups -OCH3 is 2. The second-order valence-electron chi connectivity index (χ2n) is 5.61. The normalized spacial score (nSPS) is 10.4. The summed E-state index contributed by atoms with van der Waals surface area (Å²) in [6.45, 7) is 0. The van der Waals surface area contributed by atoms with E-state index in [9.17, 15) is 4.79 Å². The highest BCUT2D eigenvalue weighted by molar-refractivity contribution is 7.09. The van der Waals surface area contributed by atoms with Gasteiger partial charge in [-0.15, -0.1) is 11.3 Å². The van der Waals surface area contributed by atoms with E-state index in [0.717, 1.165) is 16.3 Å². The number of thiazole rings is 1. The second-order valence-corrected chi connectivity index (χ2v) is 6.55. The number of amides is 1. The molecule has 0 spiro atoms. The van der Waals surface area contributed by atoms with E-state index in [-0.39, 0.29) is 5.91 Å². The molecule has 0 fully saturated rings. The smallest absolute Gasteiger partial charge is 0.224 e. The topological polar surface area (TPSA) is 60.5 Å². The Bertz CT molecular complexity index is 878. The molecule has 6 heteroatoms. The van der Waals surface area contributed by atoms with Crippen LogP contribution in [0.1, 0.15) is 11.4 Å². The summed E-state index contributed by atoms with van der Waals surface area (Å²) in [4.78, 5) is 16.9. The number of ether oxygens (including phenoxy) is 2. The molecule has 1 N–H and O–H groups in total. The summed E-state index contributed by atoms with van der Waals surface area (Å²) >= 11 is 1.57. The van der Waals surface area contributed by atoms with Crippen molar-refractivity contribution in [1.29, 1.82) is 0 Å². The second kappa shape index (κ2) is 8.49. The van der Waals surface area contributed by atoms with Crippen molar-refractivity contribution in [2.75, 3.05) is 19.5 Å². The Kier molecular flexibility index (Phi) is 5.86. The van der Waals surface area contributed by atoms with E-state index in [4.69, 9.17) is 9.47 Å². The Labute approximate surface area is 156 Å². The average molecular weight is 368 g/mol. The number of carbonyl (C=O) groups is 1. The van der Waals surface area contributed by atoms with Crippen molar-refractivity contribution in [3.05, 3.63) is 58.9 Å². The summed E-state index contributed by atoms with van der Waals surface area (Å²) in [6.07, 6.45) is 0.957. The van der Waals surface area contributed by atoms with Crippen LogP contribution >= 0.6 is 11.3 Å². The van der Waals surface area contributed by atoms with Gasteiger partial charge in [0.25, 0.3) is 0 Å². The molecule has 1 aromatic heterocycles. The van der Waals surface area contributed by atoms with Gasteiger partial charge in [-0.25, -0.2) is 4.98 Å². The maximum atomic E-state index is 12.3. The van der Waals surface area contributed by atoms with Gasteiger partial charge in [-0.2, -0.15) is 0 Å². The van der Waals surface area contributed by atoms with Gasteiger partial charge >= 0.3 is 0 Å². The molecule has 0 atom stereocenters. The lowest BCUT2D eigenvalue weighted by molar-refractivity contribution is -0.116. The quantitative estimate of drug-likeness (QED) is 0.671. The molecule has 134 valence electrons. The zero-order chi connectivity index (χ0) is 18.4. The molecule has 1 amide bonds. The van der Waals surface area contributed by atoms with Crippen LogP contribution in [0.2, 0.25) is 0 Å². The number of aromatic nitrogens is 1. The number of nitrogens with one attached hydrogen (secondary N) is 1. The van der Waals surface area contributed by atoms with Crippen LogP contribution in [0.4, 0.5) is 5.69 Å². The maximum absolute atomic E-state index is 12.3. The Hall–Kier alpha value is -2.86. The SMILES string of the molecule is COc1ccc(NC(=O)CCc2nc(-c3ccccc3)cs2)c(OC)c1. The standard InChI is InChI=1S/C20H20N2O3S/c1-24-15-8-9-16(18(12-15)25-2)21-19(23)10-11-20-22-17(13-26-20)14-6-4-3-5-7-14/h3-9,12-13H,10-11H2,1-2H3,(H,21,23). The third-order valence-corrected chi connectivity index (χ3v) is 4.78. The van der Waals surface area contributed by atoms with Gasteiger partial charge in [0, 0.05) is 29.9 Å². The van der Waals surface area contributed by atoms with Crippen molar-refractivity contribution in [2.45, 2.75) is 12.8 Å². The van der Waals surface area contributed by atoms with E-state index >= 15 is 0 Å². The number of nitrogens with zero attached hydrogens (tertiary/aromatic N) is 1. The molecule has 26 heavy (non-hydrogen) atoms. The fraction of sp³-hybridized carbons (Fsp3) is 0.200. The third-order valence-electron chi connectivity index (χ3n) is 3.87. The maximum Gasteiger partial charge on any atom is 0.224 e. The molecule has 0 saturated heterocycles. The first kappa shape index (κ1) is 17.9. The lowest BCUT2D eigenvalue weighted by Gasteiger charge is -2.11. The summed E-state index contributed by atoms with van der Waals surface area (Å²) in [7, 11) is 3.15. The van der Waals surface area contributed by atoms with Crippen LogP contribution in [-0.4, -0.2) is 25.1 Å². The van der Waals surface area contributed by atoms with Crippen LogP contribution < -0.4 is 14.8 Å². The van der Waals surface area contributed by atoms with E-state index in [0.29, 0.717) is 30.0 Å². The van der Waals surface area contributed by atoms with Crippen molar-refractivity contribution in [1.82, 2.24) is 4.98 Å². The van der Waals surface area contributed by atoms with Gasteiger partial charge in [-0.05, 0) is 12.1 Å². The van der Waals surface area contributed by atoms with Gasteiger partial charge in [0.1, 0.15) is 11.5 Å². The number of carbonyl (C=O) groups excluding carboxylic acids is 1. The Balaban J connectivity index is 1.59. The molecule has 0 aliphatic carbocycles. The fourth-order valence-electron chi connectivity index (χ4n) is 2.50. The summed E-state index contributed by atoms with van der Waals surface area (Å²) < 4.78 is 10.5. The molecule has 5 nitrogen and oxygen atoms in total. The minimum atomic E-state index is -0.0788. The van der Waals surface area contributed by atoms with E-state index in [2.05, 4.69) is 10.3 Å². The van der Waals surface area contributed by atoms with Crippen LogP contribution in [0.5, 0.6) is 11.5 Å². The first-order valence-corrected chi connectivity index (χ1v) is 9.09. The number of anilines is 1. The number of rotatable bonds is 7. The predicted molar refractivity (Wildman–Crippen MR) is 104 cm³/mol. The molecule has 0 bridgehead atoms. The molecule has 3 aromatic rings. The van der Waals surface area contributed by atoms with Gasteiger partial charge in [0.2, 0.25) is 5.91 Å². The molecular formula is C20H20N2O3S. The van der Waals surface area contributed by atoms with Crippen molar-refractivity contribution < 1.29 is 14.3 Å². The third kappa shape index (κ3) is 4.40. The molecule has 3 rings (SSSR count). The average Bonchev–Trinajstić information content (AvgIpc) is 3.16. The first-order valence-electron chi connectivity index (χ1n) is 8.21. The largest absolute Gasteiger partial charge is 0.497 e. The molecule has 0 radical (unpaired) electrons. The highest BCUT2D eigenvalue weighted by atomic mass is 32.1. The van der Waals surface area contributed by atoms with Gasteiger partial charge in [0.15, 0.2) is 0 Å². The van der Waals surface area contributed by atoms with Crippen LogP contribution in [0.25, 0.3) is 11.3 Å². The van der Waals surface area contributed by atoms with E-state index in [1.165, 1.54) is 0 Å². The van der Waals surface area contributed by atoms with Gasteiger partial charge in [0.05, 0.1) is 30.6 Å². The highest BCUT2D eigenvalue weighted by Crippen LogP contribution is 2.29. The Morgan fingerprint density at radius 2 is 1.92 bits per heavy atom. The number of hydrogen-bond donors (Lipinski definition) is 1. The highest BCUT2D eigenvalue weighted by Gasteiger charge is 2.11. The number of hydrogen-bond acceptors (Lipinski definition) is 5. The van der Waals surface area contributed by atoms with E-state index < -0.39 is 0 Å². The lowest BCUT2D eigenvalue weighted by atomic mass is 10.2. The summed E-state index contributed by atoms with van der Waals surface area (Å²) in [6, 6.07) is 15.3. The first-order chi connectivity index (χ1) is 12.7. The molecule has 2 aromatic carbocycles. The molecule has 1 heterocycles. The van der Waals surface area contributed by atoms with Crippen molar-refractivity contribution in [2.24, 2.45) is 0 Å². The molecule has 0 saturated carbocycles. The van der Waals surface area contributed by atoms with Crippen LogP contribution in [-0.2, 0) is 11.2 Å². The van der Waals surface area contributed by atoms with Gasteiger partial charge in [-0.1, -0.05) is 30.3 Å². The van der Waals surface area contributed by atoms with Crippen LogP contribution in [0.3, 0.4) is 0 Å². The number of aryl methyl sites for hydroxylation is 1. The zero-order valence-corrected chi connectivity index (χ0v) is 15.5. The Morgan fingerprint density at radius 1 is 1.12 bits per heavy atom. The Morgan fingerprint density at radius 3 is 2.65 bits per heavy atom. The monoisotopic (exact) mass is 368 g/mol. The molecule has 0 aliphatic rings. The predicted octanol–water partition coefficient (Wildman–Crippen LogP) is 4.40. The summed E-state index contributed by atoms with van der Waals surface area (Å²) in [5.41, 5.74) is 2.66. The van der Waals surface area contributed by atoms with Crippen molar-refractivity contribution in [3.8, 4) is 22.8 Å². The van der Waals surface area contributed by atoms with E-state index in [1.807, 2.05) is 35.7 Å². The fourth-order valence-corrected chi connectivity index (χ4v) is 3.31. The lowest BCUT2D eigenvalue weighted by Crippen LogP contribution is -2.13. The molecular weight excluding hydrogens is 348 g/mol. The summed E-state index contributed by atoms with van der Waals surface area (Å²) in [5.74, 6) is 1.17. The van der Waals surface area contributed by atoms with Crippen LogP contribution in [0, 0.1) is 0 Å². The summed E-state index contributed by atoms with van der Waals surface area (Å²) in [5, 5.41) is 5.85. The zero-order valence-electron chi connectivity index (χ0n) is 14.7. The van der Waals surface area contributed by atoms with Gasteiger partial charge in [-0.3, -0.25) is 4.79 Å².